The molecule has 3 nitrogen and oxygen atoms in total. The van der Waals surface area contributed by atoms with Crippen molar-refractivity contribution in [1.29, 1.82) is 0 Å². The Morgan fingerprint density at radius 1 is 1.29 bits per heavy atom. The third-order valence-electron chi connectivity index (χ3n) is 2.09. The molecular weight excluding hydrogens is 258 g/mol. The molecule has 2 aromatic heterocycles. The summed E-state index contributed by atoms with van der Waals surface area (Å²) in [7, 11) is 0. The van der Waals surface area contributed by atoms with Crippen molar-refractivity contribution in [2.75, 3.05) is 0 Å². The standard InChI is InChI=1S/C12H8ClNO2S/c13-11-2-1-10(17-11)9(12(15)16)7-8-3-5-14-6-4-8/h1-7H,(H,15,16)/b9-7-. The minimum Gasteiger partial charge on any atom is -0.478 e. The van der Waals surface area contributed by atoms with Gasteiger partial charge in [0.15, 0.2) is 0 Å². The summed E-state index contributed by atoms with van der Waals surface area (Å²) in [5, 5.41) is 9.18. The summed E-state index contributed by atoms with van der Waals surface area (Å²) < 4.78 is 0.571. The summed E-state index contributed by atoms with van der Waals surface area (Å²) in [5.41, 5.74) is 1.02. The van der Waals surface area contributed by atoms with Crippen LogP contribution in [0.25, 0.3) is 11.6 Å². The molecule has 0 aliphatic rings. The zero-order valence-electron chi connectivity index (χ0n) is 8.63. The van der Waals surface area contributed by atoms with Crippen LogP contribution in [0.4, 0.5) is 0 Å². The molecule has 0 aliphatic heterocycles. The van der Waals surface area contributed by atoms with Crippen LogP contribution in [0.3, 0.4) is 0 Å². The van der Waals surface area contributed by atoms with Crippen molar-refractivity contribution in [3.63, 3.8) is 0 Å². The third kappa shape index (κ3) is 2.93. The second-order valence-electron chi connectivity index (χ2n) is 3.25. The normalized spacial score (nSPS) is 11.5. The molecule has 0 aliphatic carbocycles. The molecule has 86 valence electrons. The van der Waals surface area contributed by atoms with Crippen molar-refractivity contribution in [2.24, 2.45) is 0 Å². The van der Waals surface area contributed by atoms with Crippen LogP contribution in [0.2, 0.25) is 4.34 Å². The van der Waals surface area contributed by atoms with Gasteiger partial charge in [-0.1, -0.05) is 11.6 Å². The lowest BCUT2D eigenvalue weighted by atomic mass is 10.1. The maximum atomic E-state index is 11.2. The molecule has 0 aromatic carbocycles. The smallest absolute Gasteiger partial charge is 0.337 e. The van der Waals surface area contributed by atoms with Gasteiger partial charge in [0.2, 0.25) is 0 Å². The molecule has 0 saturated carbocycles. The van der Waals surface area contributed by atoms with Crippen molar-refractivity contribution in [2.45, 2.75) is 0 Å². The lowest BCUT2D eigenvalue weighted by Crippen LogP contribution is -1.97. The lowest BCUT2D eigenvalue weighted by Gasteiger charge is -1.99. The SMILES string of the molecule is O=C(O)/C(=C\c1ccncc1)c1ccc(Cl)s1. The number of rotatable bonds is 3. The fourth-order valence-corrected chi connectivity index (χ4v) is 2.37. The van der Waals surface area contributed by atoms with E-state index in [4.69, 9.17) is 11.6 Å². The molecule has 5 heteroatoms. The first-order valence-corrected chi connectivity index (χ1v) is 5.97. The van der Waals surface area contributed by atoms with E-state index in [2.05, 4.69) is 4.98 Å². The highest BCUT2D eigenvalue weighted by molar-refractivity contribution is 7.17. The van der Waals surface area contributed by atoms with Crippen LogP contribution >= 0.6 is 22.9 Å². The number of nitrogens with zero attached hydrogens (tertiary/aromatic N) is 1. The van der Waals surface area contributed by atoms with E-state index in [1.807, 2.05) is 0 Å². The van der Waals surface area contributed by atoms with Gasteiger partial charge < -0.3 is 5.11 Å². The number of carbonyl (C=O) groups is 1. The summed E-state index contributed by atoms with van der Waals surface area (Å²) >= 11 is 7.04. The molecule has 17 heavy (non-hydrogen) atoms. The van der Waals surface area contributed by atoms with Crippen molar-refractivity contribution in [3.8, 4) is 0 Å². The second kappa shape index (κ2) is 5.12. The Labute approximate surface area is 107 Å². The average Bonchev–Trinajstić information content (AvgIpc) is 2.73. The molecule has 0 bridgehead atoms. The maximum absolute atomic E-state index is 11.2. The van der Waals surface area contributed by atoms with Gasteiger partial charge in [-0.3, -0.25) is 4.98 Å². The summed E-state index contributed by atoms with van der Waals surface area (Å²) in [6.07, 6.45) is 4.84. The number of hydrogen-bond donors (Lipinski definition) is 1. The molecule has 0 atom stereocenters. The van der Waals surface area contributed by atoms with Crippen LogP contribution in [-0.4, -0.2) is 16.1 Å². The number of aromatic nitrogens is 1. The fraction of sp³-hybridized carbons (Fsp3) is 0. The van der Waals surface area contributed by atoms with Gasteiger partial charge in [0.1, 0.15) is 0 Å². The van der Waals surface area contributed by atoms with Gasteiger partial charge in [-0.2, -0.15) is 0 Å². The van der Waals surface area contributed by atoms with Gasteiger partial charge in [-0.05, 0) is 35.9 Å². The molecule has 0 amide bonds. The van der Waals surface area contributed by atoms with Gasteiger partial charge in [-0.15, -0.1) is 11.3 Å². The van der Waals surface area contributed by atoms with E-state index >= 15 is 0 Å². The van der Waals surface area contributed by atoms with Crippen molar-refractivity contribution >= 4 is 40.6 Å². The van der Waals surface area contributed by atoms with Gasteiger partial charge in [-0.25, -0.2) is 4.79 Å². The Morgan fingerprint density at radius 3 is 2.53 bits per heavy atom. The topological polar surface area (TPSA) is 50.2 Å². The van der Waals surface area contributed by atoms with Crippen LogP contribution < -0.4 is 0 Å². The minimum atomic E-state index is -0.972. The molecular formula is C12H8ClNO2S. The minimum absolute atomic E-state index is 0.230. The van der Waals surface area contributed by atoms with E-state index in [-0.39, 0.29) is 5.57 Å². The average molecular weight is 266 g/mol. The Balaban J connectivity index is 2.43. The largest absolute Gasteiger partial charge is 0.478 e. The predicted molar refractivity (Wildman–Crippen MR) is 69.1 cm³/mol. The monoisotopic (exact) mass is 265 g/mol. The molecule has 1 N–H and O–H groups in total. The summed E-state index contributed by atoms with van der Waals surface area (Å²) in [4.78, 5) is 15.7. The number of halogens is 1. The van der Waals surface area contributed by atoms with Crippen LogP contribution in [0.15, 0.2) is 36.7 Å². The van der Waals surface area contributed by atoms with E-state index < -0.39 is 5.97 Å². The number of aliphatic carboxylic acids is 1. The van der Waals surface area contributed by atoms with Gasteiger partial charge in [0, 0.05) is 17.3 Å². The first-order valence-electron chi connectivity index (χ1n) is 4.77. The van der Waals surface area contributed by atoms with Crippen LogP contribution in [0.5, 0.6) is 0 Å². The maximum Gasteiger partial charge on any atom is 0.337 e. The Bertz CT molecular complexity index is 563. The molecule has 2 aromatic rings. The Hall–Kier alpha value is -1.65. The molecule has 0 spiro atoms. The Kier molecular flexibility index (Phi) is 3.56. The van der Waals surface area contributed by atoms with Crippen molar-refractivity contribution in [3.05, 3.63) is 51.4 Å². The van der Waals surface area contributed by atoms with Crippen LogP contribution in [0, 0.1) is 0 Å². The lowest BCUT2D eigenvalue weighted by molar-refractivity contribution is -0.130. The molecule has 2 heterocycles. The first kappa shape index (κ1) is 11.8. The highest BCUT2D eigenvalue weighted by Gasteiger charge is 2.12. The van der Waals surface area contributed by atoms with Crippen LogP contribution in [-0.2, 0) is 4.79 Å². The van der Waals surface area contributed by atoms with E-state index in [1.54, 1.807) is 42.7 Å². The fourth-order valence-electron chi connectivity index (χ4n) is 1.32. The van der Waals surface area contributed by atoms with Crippen molar-refractivity contribution < 1.29 is 9.90 Å². The van der Waals surface area contributed by atoms with Gasteiger partial charge in [0.25, 0.3) is 0 Å². The Morgan fingerprint density at radius 2 is 2.00 bits per heavy atom. The van der Waals surface area contributed by atoms with Crippen molar-refractivity contribution in [1.82, 2.24) is 4.98 Å². The quantitative estimate of drug-likeness (QED) is 0.865. The second-order valence-corrected chi connectivity index (χ2v) is 4.96. The van der Waals surface area contributed by atoms with E-state index in [1.165, 1.54) is 11.3 Å². The molecule has 0 saturated heterocycles. The highest BCUT2D eigenvalue weighted by Crippen LogP contribution is 2.29. The first-order chi connectivity index (χ1) is 8.16. The van der Waals surface area contributed by atoms with Gasteiger partial charge >= 0.3 is 5.97 Å². The predicted octanol–water partition coefficient (Wildman–Crippen LogP) is 3.42. The van der Waals surface area contributed by atoms with Crippen LogP contribution in [0.1, 0.15) is 10.4 Å². The van der Waals surface area contributed by atoms with Gasteiger partial charge in [0.05, 0.1) is 9.91 Å². The zero-order valence-corrected chi connectivity index (χ0v) is 10.2. The summed E-state index contributed by atoms with van der Waals surface area (Å²) in [5.74, 6) is -0.972. The molecule has 2 rings (SSSR count). The number of carboxylic acids is 1. The number of pyridine rings is 1. The molecule has 0 fully saturated rings. The van der Waals surface area contributed by atoms with E-state index in [0.717, 1.165) is 5.56 Å². The summed E-state index contributed by atoms with van der Waals surface area (Å²) in [6.45, 7) is 0. The molecule has 0 radical (unpaired) electrons. The number of thiophene rings is 1. The van der Waals surface area contributed by atoms with E-state index in [0.29, 0.717) is 9.21 Å². The third-order valence-corrected chi connectivity index (χ3v) is 3.35. The number of hydrogen-bond acceptors (Lipinski definition) is 3. The zero-order chi connectivity index (χ0) is 12.3. The highest BCUT2D eigenvalue weighted by atomic mass is 35.5. The van der Waals surface area contributed by atoms with E-state index in [9.17, 15) is 9.90 Å². The molecule has 0 unspecified atom stereocenters. The summed E-state index contributed by atoms with van der Waals surface area (Å²) in [6, 6.07) is 6.88. The number of carboxylic acid groups (broad SMARTS) is 1.